The zero-order valence-electron chi connectivity index (χ0n) is 9.29. The highest BCUT2D eigenvalue weighted by Crippen LogP contribution is 1.97. The van der Waals surface area contributed by atoms with Gasteiger partial charge in [0.1, 0.15) is 6.79 Å². The van der Waals surface area contributed by atoms with E-state index in [4.69, 9.17) is 9.47 Å². The average molecular weight is 202 g/mol. The van der Waals surface area contributed by atoms with Crippen LogP contribution in [0.25, 0.3) is 0 Å². The van der Waals surface area contributed by atoms with Crippen LogP contribution in [-0.2, 0) is 9.47 Å². The van der Waals surface area contributed by atoms with E-state index in [2.05, 4.69) is 24.1 Å². The first-order valence-corrected chi connectivity index (χ1v) is 5.41. The predicted molar refractivity (Wildman–Crippen MR) is 56.3 cm³/mol. The lowest BCUT2D eigenvalue weighted by Gasteiger charge is -2.25. The standard InChI is InChI=1S/C10H22N2O2/c1-10(2)12-5-3-11-4-7-13-9-14-8-6-12/h10-11H,3-9H2,1-2H3. The molecule has 4 nitrogen and oxygen atoms in total. The summed E-state index contributed by atoms with van der Waals surface area (Å²) in [6.45, 7) is 10.4. The van der Waals surface area contributed by atoms with Crippen molar-refractivity contribution in [3.05, 3.63) is 0 Å². The third-order valence-electron chi connectivity index (χ3n) is 2.42. The molecule has 14 heavy (non-hydrogen) atoms. The Balaban J connectivity index is 2.27. The van der Waals surface area contributed by atoms with Crippen LogP contribution in [0.3, 0.4) is 0 Å². The Morgan fingerprint density at radius 3 is 2.64 bits per heavy atom. The summed E-state index contributed by atoms with van der Waals surface area (Å²) in [5.41, 5.74) is 0. The monoisotopic (exact) mass is 202 g/mol. The fourth-order valence-electron chi connectivity index (χ4n) is 1.48. The molecule has 1 aliphatic rings. The third-order valence-corrected chi connectivity index (χ3v) is 2.42. The minimum Gasteiger partial charge on any atom is -0.354 e. The van der Waals surface area contributed by atoms with Gasteiger partial charge in [0.25, 0.3) is 0 Å². The SMILES string of the molecule is CC(C)N1CCNCCOCOCC1. The van der Waals surface area contributed by atoms with Gasteiger partial charge in [0, 0.05) is 32.2 Å². The molecule has 0 spiro atoms. The Labute approximate surface area is 86.6 Å². The van der Waals surface area contributed by atoms with Gasteiger partial charge in [-0.3, -0.25) is 4.90 Å². The maximum atomic E-state index is 5.35. The minimum atomic E-state index is 0.424. The quantitative estimate of drug-likeness (QED) is 0.663. The van der Waals surface area contributed by atoms with Crippen molar-refractivity contribution >= 4 is 0 Å². The van der Waals surface area contributed by atoms with Crippen LogP contribution in [0.4, 0.5) is 0 Å². The summed E-state index contributed by atoms with van der Waals surface area (Å²) in [4.78, 5) is 2.42. The van der Waals surface area contributed by atoms with Crippen molar-refractivity contribution in [2.75, 3.05) is 46.2 Å². The van der Waals surface area contributed by atoms with Crippen LogP contribution in [0.5, 0.6) is 0 Å². The van der Waals surface area contributed by atoms with Crippen molar-refractivity contribution in [1.82, 2.24) is 10.2 Å². The highest BCUT2D eigenvalue weighted by Gasteiger charge is 2.08. The summed E-state index contributed by atoms with van der Waals surface area (Å²) in [7, 11) is 0. The largest absolute Gasteiger partial charge is 0.354 e. The second kappa shape index (κ2) is 7.17. The Hall–Kier alpha value is -0.160. The lowest BCUT2D eigenvalue weighted by molar-refractivity contribution is -0.0560. The van der Waals surface area contributed by atoms with Gasteiger partial charge in [0.2, 0.25) is 0 Å². The van der Waals surface area contributed by atoms with E-state index in [1.807, 2.05) is 0 Å². The first-order valence-electron chi connectivity index (χ1n) is 5.41. The van der Waals surface area contributed by atoms with E-state index in [1.165, 1.54) is 0 Å². The fraction of sp³-hybridized carbons (Fsp3) is 1.00. The average Bonchev–Trinajstić information content (AvgIpc) is 2.21. The van der Waals surface area contributed by atoms with Gasteiger partial charge < -0.3 is 14.8 Å². The normalized spacial score (nSPS) is 23.4. The minimum absolute atomic E-state index is 0.424. The molecule has 84 valence electrons. The van der Waals surface area contributed by atoms with E-state index in [0.29, 0.717) is 12.8 Å². The van der Waals surface area contributed by atoms with Gasteiger partial charge in [-0.1, -0.05) is 0 Å². The zero-order valence-corrected chi connectivity index (χ0v) is 9.29. The fourth-order valence-corrected chi connectivity index (χ4v) is 1.48. The molecule has 0 saturated carbocycles. The summed E-state index contributed by atoms with van der Waals surface area (Å²) in [5.74, 6) is 0. The molecule has 4 heteroatoms. The highest BCUT2D eigenvalue weighted by atomic mass is 16.7. The lowest BCUT2D eigenvalue weighted by atomic mass is 10.3. The second-order valence-electron chi connectivity index (χ2n) is 3.81. The Kier molecular flexibility index (Phi) is 6.10. The van der Waals surface area contributed by atoms with Gasteiger partial charge in [0.15, 0.2) is 0 Å². The molecule has 0 radical (unpaired) electrons. The summed E-state index contributed by atoms with van der Waals surface area (Å²) >= 11 is 0. The van der Waals surface area contributed by atoms with Crippen molar-refractivity contribution < 1.29 is 9.47 Å². The molecule has 0 aliphatic carbocycles. The van der Waals surface area contributed by atoms with Gasteiger partial charge in [-0.15, -0.1) is 0 Å². The molecule has 0 bridgehead atoms. The Bertz CT molecular complexity index is 130. The Morgan fingerprint density at radius 2 is 1.86 bits per heavy atom. The molecule has 1 N–H and O–H groups in total. The molecule has 0 amide bonds. The van der Waals surface area contributed by atoms with Gasteiger partial charge in [-0.05, 0) is 13.8 Å². The van der Waals surface area contributed by atoms with E-state index in [9.17, 15) is 0 Å². The van der Waals surface area contributed by atoms with Crippen LogP contribution < -0.4 is 5.32 Å². The van der Waals surface area contributed by atoms with Crippen LogP contribution in [0.1, 0.15) is 13.8 Å². The Morgan fingerprint density at radius 1 is 1.07 bits per heavy atom. The highest BCUT2D eigenvalue weighted by molar-refractivity contribution is 4.64. The van der Waals surface area contributed by atoms with Crippen molar-refractivity contribution in [3.63, 3.8) is 0 Å². The molecule has 0 aromatic heterocycles. The van der Waals surface area contributed by atoms with Crippen molar-refractivity contribution in [2.24, 2.45) is 0 Å². The number of hydrogen-bond acceptors (Lipinski definition) is 4. The topological polar surface area (TPSA) is 33.7 Å². The van der Waals surface area contributed by atoms with Crippen molar-refractivity contribution in [1.29, 1.82) is 0 Å². The van der Waals surface area contributed by atoms with Crippen LogP contribution in [0.15, 0.2) is 0 Å². The summed E-state index contributed by atoms with van der Waals surface area (Å²) in [6, 6.07) is 0.585. The van der Waals surface area contributed by atoms with E-state index in [-0.39, 0.29) is 0 Å². The van der Waals surface area contributed by atoms with Gasteiger partial charge in [0.05, 0.1) is 13.2 Å². The van der Waals surface area contributed by atoms with Crippen molar-refractivity contribution in [2.45, 2.75) is 19.9 Å². The molecular weight excluding hydrogens is 180 g/mol. The maximum absolute atomic E-state index is 5.35. The summed E-state index contributed by atoms with van der Waals surface area (Å²) in [6.07, 6.45) is 0. The first-order chi connectivity index (χ1) is 6.80. The van der Waals surface area contributed by atoms with Gasteiger partial charge in [-0.25, -0.2) is 0 Å². The van der Waals surface area contributed by atoms with Crippen molar-refractivity contribution in [3.8, 4) is 0 Å². The van der Waals surface area contributed by atoms with Gasteiger partial charge >= 0.3 is 0 Å². The molecule has 0 aromatic rings. The number of nitrogens with zero attached hydrogens (tertiary/aromatic N) is 1. The second-order valence-corrected chi connectivity index (χ2v) is 3.81. The first kappa shape index (κ1) is 11.9. The van der Waals surface area contributed by atoms with Crippen LogP contribution in [-0.4, -0.2) is 57.1 Å². The molecule has 0 aromatic carbocycles. The molecule has 1 saturated heterocycles. The van der Waals surface area contributed by atoms with E-state index >= 15 is 0 Å². The molecule has 1 heterocycles. The third kappa shape index (κ3) is 4.91. The smallest absolute Gasteiger partial charge is 0.146 e. The number of ether oxygens (including phenoxy) is 2. The summed E-state index contributed by atoms with van der Waals surface area (Å²) in [5, 5.41) is 3.35. The molecule has 0 unspecified atom stereocenters. The molecule has 1 fully saturated rings. The maximum Gasteiger partial charge on any atom is 0.146 e. The van der Waals surface area contributed by atoms with Gasteiger partial charge in [-0.2, -0.15) is 0 Å². The van der Waals surface area contributed by atoms with E-state index in [1.54, 1.807) is 0 Å². The van der Waals surface area contributed by atoms with Crippen LogP contribution >= 0.6 is 0 Å². The molecule has 0 atom stereocenters. The number of rotatable bonds is 1. The molecule has 1 rings (SSSR count). The molecule has 1 aliphatic heterocycles. The van der Waals surface area contributed by atoms with E-state index in [0.717, 1.165) is 39.4 Å². The zero-order chi connectivity index (χ0) is 10.2. The number of hydrogen-bond donors (Lipinski definition) is 1. The summed E-state index contributed by atoms with van der Waals surface area (Å²) < 4.78 is 10.6. The van der Waals surface area contributed by atoms with Crippen LogP contribution in [0, 0.1) is 0 Å². The number of nitrogens with one attached hydrogen (secondary N) is 1. The predicted octanol–water partition coefficient (Wildman–Crippen LogP) is 0.291. The van der Waals surface area contributed by atoms with E-state index < -0.39 is 0 Å². The molecular formula is C10H22N2O2. The van der Waals surface area contributed by atoms with Crippen LogP contribution in [0.2, 0.25) is 0 Å². The lowest BCUT2D eigenvalue weighted by Crippen LogP contribution is -2.39.